The van der Waals surface area contributed by atoms with Crippen LogP contribution >= 0.6 is 0 Å². The lowest BCUT2D eigenvalue weighted by atomic mass is 9.67. The number of carbonyl (C=O) groups is 2. The van der Waals surface area contributed by atoms with Crippen molar-refractivity contribution in [3.63, 3.8) is 0 Å². The molecule has 0 saturated carbocycles. The van der Waals surface area contributed by atoms with E-state index in [1.54, 1.807) is 0 Å². The quantitative estimate of drug-likeness (QED) is 0.635. The molecule has 4 heteroatoms. The van der Waals surface area contributed by atoms with Gasteiger partial charge in [0.15, 0.2) is 5.78 Å². The Morgan fingerprint density at radius 1 is 1.41 bits per heavy atom. The van der Waals surface area contributed by atoms with Gasteiger partial charge in [-0.15, -0.1) is 0 Å². The molecule has 0 aromatic heterocycles. The molecule has 0 radical (unpaired) electrons. The van der Waals surface area contributed by atoms with E-state index >= 15 is 0 Å². The van der Waals surface area contributed by atoms with Crippen LogP contribution in [0.1, 0.15) is 59.8 Å². The maximum absolute atomic E-state index is 11.6. The van der Waals surface area contributed by atoms with Gasteiger partial charge in [-0.1, -0.05) is 19.4 Å². The van der Waals surface area contributed by atoms with E-state index in [1.807, 2.05) is 0 Å². The maximum Gasteiger partial charge on any atom is 0.303 e. The van der Waals surface area contributed by atoms with Gasteiger partial charge < -0.3 is 9.84 Å². The molecule has 0 aromatic carbocycles. The Labute approximate surface area is 132 Å². The summed E-state index contributed by atoms with van der Waals surface area (Å²) in [4.78, 5) is 23.1. The van der Waals surface area contributed by atoms with Crippen LogP contribution in [-0.4, -0.2) is 23.0 Å². The number of ketones is 1. The summed E-state index contributed by atoms with van der Waals surface area (Å²) in [6.45, 7) is 7.81. The summed E-state index contributed by atoms with van der Waals surface area (Å²) >= 11 is 0. The molecule has 0 bridgehead atoms. The molecule has 122 valence electrons. The second-order valence-corrected chi connectivity index (χ2v) is 7.14. The van der Waals surface area contributed by atoms with Crippen LogP contribution in [0.2, 0.25) is 0 Å². The number of ether oxygens (including phenoxy) is 1. The van der Waals surface area contributed by atoms with Crippen LogP contribution in [-0.2, 0) is 14.3 Å². The number of aliphatic hydroxyl groups is 1. The Bertz CT molecular complexity index is 539. The molecule has 2 rings (SSSR count). The van der Waals surface area contributed by atoms with Crippen molar-refractivity contribution in [2.24, 2.45) is 11.3 Å². The normalized spacial score (nSPS) is 26.5. The van der Waals surface area contributed by atoms with Gasteiger partial charge in [-0.05, 0) is 43.6 Å². The molecule has 0 aliphatic heterocycles. The van der Waals surface area contributed by atoms with Gasteiger partial charge in [0.05, 0.1) is 5.92 Å². The SMILES string of the molecule is CC(=O)OC(C1=C(C)CCCC1(C)C)C1CCC(=O)C=C1O. The highest BCUT2D eigenvalue weighted by Crippen LogP contribution is 2.46. The van der Waals surface area contributed by atoms with Gasteiger partial charge in [0, 0.05) is 19.4 Å². The average molecular weight is 306 g/mol. The second-order valence-electron chi connectivity index (χ2n) is 7.14. The third-order valence-electron chi connectivity index (χ3n) is 4.88. The fourth-order valence-electron chi connectivity index (χ4n) is 3.89. The van der Waals surface area contributed by atoms with E-state index in [9.17, 15) is 14.7 Å². The maximum atomic E-state index is 11.6. The van der Waals surface area contributed by atoms with Gasteiger partial charge >= 0.3 is 5.97 Å². The zero-order chi connectivity index (χ0) is 16.5. The number of hydrogen-bond acceptors (Lipinski definition) is 4. The first-order valence-corrected chi connectivity index (χ1v) is 8.03. The largest absolute Gasteiger partial charge is 0.512 e. The molecule has 2 aliphatic carbocycles. The summed E-state index contributed by atoms with van der Waals surface area (Å²) in [5.41, 5.74) is 2.30. The number of rotatable bonds is 3. The molecular formula is C18H26O4. The van der Waals surface area contributed by atoms with E-state index in [0.29, 0.717) is 12.8 Å². The predicted octanol–water partition coefficient (Wildman–Crippen LogP) is 3.87. The fraction of sp³-hybridized carbons (Fsp3) is 0.667. The van der Waals surface area contributed by atoms with E-state index in [2.05, 4.69) is 20.8 Å². The van der Waals surface area contributed by atoms with Crippen LogP contribution in [0.3, 0.4) is 0 Å². The average Bonchev–Trinajstić information content (AvgIpc) is 2.36. The van der Waals surface area contributed by atoms with Gasteiger partial charge in [0.1, 0.15) is 11.9 Å². The van der Waals surface area contributed by atoms with E-state index in [4.69, 9.17) is 4.74 Å². The minimum absolute atomic E-state index is 0.0455. The van der Waals surface area contributed by atoms with Crippen LogP contribution in [0.4, 0.5) is 0 Å². The molecule has 0 aromatic rings. The van der Waals surface area contributed by atoms with Crippen LogP contribution in [0, 0.1) is 11.3 Å². The molecule has 0 amide bonds. The summed E-state index contributed by atoms with van der Waals surface area (Å²) < 4.78 is 5.63. The Morgan fingerprint density at radius 3 is 2.64 bits per heavy atom. The summed E-state index contributed by atoms with van der Waals surface area (Å²) in [7, 11) is 0. The van der Waals surface area contributed by atoms with Gasteiger partial charge in [0.2, 0.25) is 0 Å². The highest BCUT2D eigenvalue weighted by atomic mass is 16.5. The first-order chi connectivity index (χ1) is 10.2. The summed E-state index contributed by atoms with van der Waals surface area (Å²) in [5.74, 6) is -0.687. The molecule has 1 N–H and O–H groups in total. The van der Waals surface area contributed by atoms with Gasteiger partial charge in [0.25, 0.3) is 0 Å². The second kappa shape index (κ2) is 6.27. The highest BCUT2D eigenvalue weighted by Gasteiger charge is 2.41. The standard InChI is InChI=1S/C18H26O4/c1-11-6-5-9-18(3,4)16(11)17(22-12(2)19)14-8-7-13(20)10-15(14)21/h10,14,17,21H,5-9H2,1-4H3. The summed E-state index contributed by atoms with van der Waals surface area (Å²) in [6.07, 6.45) is 4.87. The molecule has 0 saturated heterocycles. The van der Waals surface area contributed by atoms with Crippen molar-refractivity contribution < 1.29 is 19.4 Å². The predicted molar refractivity (Wildman–Crippen MR) is 84.3 cm³/mol. The lowest BCUT2D eigenvalue weighted by molar-refractivity contribution is -0.147. The van der Waals surface area contributed by atoms with Crippen molar-refractivity contribution in [2.45, 2.75) is 65.9 Å². The summed E-state index contributed by atoms with van der Waals surface area (Å²) in [6, 6.07) is 0. The van der Waals surface area contributed by atoms with Crippen LogP contribution in [0.15, 0.2) is 23.0 Å². The fourth-order valence-corrected chi connectivity index (χ4v) is 3.89. The number of hydrogen-bond donors (Lipinski definition) is 1. The van der Waals surface area contributed by atoms with Gasteiger partial charge in [-0.2, -0.15) is 0 Å². The molecule has 4 nitrogen and oxygen atoms in total. The van der Waals surface area contributed by atoms with Crippen molar-refractivity contribution in [3.05, 3.63) is 23.0 Å². The summed E-state index contributed by atoms with van der Waals surface area (Å²) in [5, 5.41) is 10.2. The molecule has 22 heavy (non-hydrogen) atoms. The zero-order valence-corrected chi connectivity index (χ0v) is 13.9. The number of carbonyl (C=O) groups excluding carboxylic acids is 2. The van der Waals surface area contributed by atoms with Crippen LogP contribution in [0.5, 0.6) is 0 Å². The molecule has 0 fully saturated rings. The number of esters is 1. The molecule has 2 unspecified atom stereocenters. The van der Waals surface area contributed by atoms with E-state index in [-0.39, 0.29) is 28.8 Å². The van der Waals surface area contributed by atoms with Crippen LogP contribution < -0.4 is 0 Å². The lowest BCUT2D eigenvalue weighted by Gasteiger charge is -2.41. The van der Waals surface area contributed by atoms with Crippen molar-refractivity contribution >= 4 is 11.8 Å². The minimum Gasteiger partial charge on any atom is -0.512 e. The Kier molecular flexibility index (Phi) is 4.78. The lowest BCUT2D eigenvalue weighted by Crippen LogP contribution is -2.39. The van der Waals surface area contributed by atoms with Crippen molar-refractivity contribution in [2.75, 3.05) is 0 Å². The van der Waals surface area contributed by atoms with E-state index < -0.39 is 6.10 Å². The third kappa shape index (κ3) is 3.42. The molecule has 2 aliphatic rings. The highest BCUT2D eigenvalue weighted by molar-refractivity contribution is 5.91. The van der Waals surface area contributed by atoms with Crippen molar-refractivity contribution in [1.29, 1.82) is 0 Å². The molecule has 0 heterocycles. The Balaban J connectivity index is 2.44. The molecule has 0 spiro atoms. The smallest absolute Gasteiger partial charge is 0.303 e. The number of allylic oxidation sites excluding steroid dienone is 2. The molecule has 2 atom stereocenters. The first-order valence-electron chi connectivity index (χ1n) is 8.03. The van der Waals surface area contributed by atoms with Crippen molar-refractivity contribution in [3.8, 4) is 0 Å². The number of aliphatic hydroxyl groups excluding tert-OH is 1. The first kappa shape index (κ1) is 16.8. The van der Waals surface area contributed by atoms with Gasteiger partial charge in [-0.25, -0.2) is 0 Å². The van der Waals surface area contributed by atoms with Crippen molar-refractivity contribution in [1.82, 2.24) is 0 Å². The van der Waals surface area contributed by atoms with Crippen LogP contribution in [0.25, 0.3) is 0 Å². The minimum atomic E-state index is -0.475. The topological polar surface area (TPSA) is 63.6 Å². The Morgan fingerprint density at radius 2 is 2.09 bits per heavy atom. The monoisotopic (exact) mass is 306 g/mol. The molecular weight excluding hydrogens is 280 g/mol. The van der Waals surface area contributed by atoms with E-state index in [1.165, 1.54) is 18.6 Å². The zero-order valence-electron chi connectivity index (χ0n) is 13.9. The Hall–Kier alpha value is -1.58. The third-order valence-corrected chi connectivity index (χ3v) is 4.88. The van der Waals surface area contributed by atoms with E-state index in [0.717, 1.165) is 24.8 Å². The van der Waals surface area contributed by atoms with Gasteiger partial charge in [-0.3, -0.25) is 9.59 Å².